The van der Waals surface area contributed by atoms with Gasteiger partial charge in [0.25, 0.3) is 0 Å². The Kier molecular flexibility index (Phi) is 2.88. The lowest BCUT2D eigenvalue weighted by atomic mass is 10.1. The summed E-state index contributed by atoms with van der Waals surface area (Å²) in [4.78, 5) is 13.6. The highest BCUT2D eigenvalue weighted by atomic mass is 32.2. The highest BCUT2D eigenvalue weighted by molar-refractivity contribution is 7.85. The highest BCUT2D eigenvalue weighted by Gasteiger charge is 2.34. The average molecular weight is 216 g/mol. The molecule has 0 spiro atoms. The Morgan fingerprint density at radius 1 is 1.43 bits per heavy atom. The fraction of sp³-hybridized carbons (Fsp3) is 0.889. The second kappa shape index (κ2) is 3.98. The molecular weight excluding hydrogens is 200 g/mol. The van der Waals surface area contributed by atoms with Crippen LogP contribution in [0.5, 0.6) is 0 Å². The standard InChI is InChI=1S/C9H16N2O2S/c1-7-9(12)11(6-10-7)8-2-4-14(13)5-3-8/h7-8,10H,2-6H2,1H3. The second-order valence-corrected chi connectivity index (χ2v) is 5.67. The fourth-order valence-electron chi connectivity index (χ4n) is 2.05. The smallest absolute Gasteiger partial charge is 0.240 e. The molecule has 2 saturated heterocycles. The van der Waals surface area contributed by atoms with Crippen molar-refractivity contribution in [2.24, 2.45) is 0 Å². The molecular formula is C9H16N2O2S. The average Bonchev–Trinajstić information content (AvgIpc) is 2.50. The first-order valence-electron chi connectivity index (χ1n) is 5.07. The molecule has 1 N–H and O–H groups in total. The van der Waals surface area contributed by atoms with Crippen molar-refractivity contribution >= 4 is 16.7 Å². The molecule has 5 heteroatoms. The number of rotatable bonds is 1. The van der Waals surface area contributed by atoms with Gasteiger partial charge in [0, 0.05) is 28.3 Å². The van der Waals surface area contributed by atoms with E-state index >= 15 is 0 Å². The predicted molar refractivity (Wildman–Crippen MR) is 55.2 cm³/mol. The summed E-state index contributed by atoms with van der Waals surface area (Å²) in [5.74, 6) is 1.70. The number of nitrogens with one attached hydrogen (secondary N) is 1. The van der Waals surface area contributed by atoms with Gasteiger partial charge in [0.2, 0.25) is 5.91 Å². The summed E-state index contributed by atoms with van der Waals surface area (Å²) in [6.07, 6.45) is 1.79. The summed E-state index contributed by atoms with van der Waals surface area (Å²) in [6.45, 7) is 2.56. The van der Waals surface area contributed by atoms with Crippen molar-refractivity contribution in [2.45, 2.75) is 31.8 Å². The summed E-state index contributed by atoms with van der Waals surface area (Å²) >= 11 is 0. The van der Waals surface area contributed by atoms with E-state index in [1.807, 2.05) is 11.8 Å². The first-order valence-corrected chi connectivity index (χ1v) is 6.56. The molecule has 4 nitrogen and oxygen atoms in total. The van der Waals surface area contributed by atoms with Crippen molar-refractivity contribution in [1.82, 2.24) is 10.2 Å². The summed E-state index contributed by atoms with van der Waals surface area (Å²) in [5.41, 5.74) is 0. The molecule has 1 amide bonds. The molecule has 2 rings (SSSR count). The van der Waals surface area contributed by atoms with Crippen LogP contribution >= 0.6 is 0 Å². The Hall–Kier alpha value is -0.420. The Labute approximate surface area is 86.5 Å². The lowest BCUT2D eigenvalue weighted by Crippen LogP contribution is -2.42. The van der Waals surface area contributed by atoms with Crippen LogP contribution in [0, 0.1) is 0 Å². The molecule has 2 aliphatic heterocycles. The molecule has 0 aromatic heterocycles. The highest BCUT2D eigenvalue weighted by Crippen LogP contribution is 2.18. The van der Waals surface area contributed by atoms with Crippen molar-refractivity contribution in [3.63, 3.8) is 0 Å². The first kappa shape index (κ1) is 10.1. The Balaban J connectivity index is 1.96. The van der Waals surface area contributed by atoms with Gasteiger partial charge in [-0.25, -0.2) is 0 Å². The van der Waals surface area contributed by atoms with E-state index in [1.165, 1.54) is 0 Å². The monoisotopic (exact) mass is 216 g/mol. The SMILES string of the molecule is CC1NCN(C2CCS(=O)CC2)C1=O. The molecule has 0 aromatic carbocycles. The van der Waals surface area contributed by atoms with Gasteiger partial charge in [-0.3, -0.25) is 14.3 Å². The van der Waals surface area contributed by atoms with Gasteiger partial charge in [0.1, 0.15) is 0 Å². The van der Waals surface area contributed by atoms with Gasteiger partial charge >= 0.3 is 0 Å². The molecule has 2 heterocycles. The van der Waals surface area contributed by atoms with E-state index in [9.17, 15) is 9.00 Å². The Morgan fingerprint density at radius 3 is 2.57 bits per heavy atom. The van der Waals surface area contributed by atoms with Gasteiger partial charge in [0.15, 0.2) is 0 Å². The maximum absolute atomic E-state index is 11.7. The number of amides is 1. The van der Waals surface area contributed by atoms with Gasteiger partial charge in [-0.05, 0) is 19.8 Å². The lowest BCUT2D eigenvalue weighted by Gasteiger charge is -2.30. The van der Waals surface area contributed by atoms with Crippen molar-refractivity contribution < 1.29 is 9.00 Å². The predicted octanol–water partition coefficient (Wildman–Crippen LogP) is -0.325. The van der Waals surface area contributed by atoms with E-state index < -0.39 is 10.8 Å². The number of hydrogen-bond acceptors (Lipinski definition) is 3. The molecule has 14 heavy (non-hydrogen) atoms. The van der Waals surface area contributed by atoms with E-state index in [0.29, 0.717) is 12.7 Å². The number of hydrogen-bond donors (Lipinski definition) is 1. The molecule has 2 aliphatic rings. The lowest BCUT2D eigenvalue weighted by molar-refractivity contribution is -0.130. The zero-order chi connectivity index (χ0) is 10.1. The Morgan fingerprint density at radius 2 is 2.07 bits per heavy atom. The zero-order valence-electron chi connectivity index (χ0n) is 8.36. The van der Waals surface area contributed by atoms with E-state index in [0.717, 1.165) is 24.3 Å². The van der Waals surface area contributed by atoms with Gasteiger partial charge < -0.3 is 4.90 Å². The van der Waals surface area contributed by atoms with Gasteiger partial charge in [0.05, 0.1) is 12.7 Å². The van der Waals surface area contributed by atoms with Crippen LogP contribution in [0.15, 0.2) is 0 Å². The van der Waals surface area contributed by atoms with E-state index in [1.54, 1.807) is 0 Å². The van der Waals surface area contributed by atoms with Crippen LogP contribution in [0.3, 0.4) is 0 Å². The molecule has 2 fully saturated rings. The van der Waals surface area contributed by atoms with E-state index in [4.69, 9.17) is 0 Å². The zero-order valence-corrected chi connectivity index (χ0v) is 9.18. The maximum Gasteiger partial charge on any atom is 0.240 e. The van der Waals surface area contributed by atoms with Crippen LogP contribution in [0.1, 0.15) is 19.8 Å². The third-order valence-corrected chi connectivity index (χ3v) is 4.40. The molecule has 0 saturated carbocycles. The second-order valence-electron chi connectivity index (χ2n) is 3.97. The van der Waals surface area contributed by atoms with Gasteiger partial charge in [-0.2, -0.15) is 0 Å². The third kappa shape index (κ3) is 1.83. The first-order chi connectivity index (χ1) is 6.68. The van der Waals surface area contributed by atoms with Crippen molar-refractivity contribution in [3.8, 4) is 0 Å². The molecule has 1 unspecified atom stereocenters. The fourth-order valence-corrected chi connectivity index (χ4v) is 3.33. The van der Waals surface area contributed by atoms with Gasteiger partial charge in [-0.1, -0.05) is 0 Å². The molecule has 0 aromatic rings. The molecule has 0 aliphatic carbocycles. The van der Waals surface area contributed by atoms with E-state index in [2.05, 4.69) is 5.32 Å². The molecule has 1 atom stereocenters. The van der Waals surface area contributed by atoms with Crippen molar-refractivity contribution in [2.75, 3.05) is 18.2 Å². The van der Waals surface area contributed by atoms with Crippen molar-refractivity contribution in [3.05, 3.63) is 0 Å². The largest absolute Gasteiger partial charge is 0.326 e. The molecule has 0 bridgehead atoms. The maximum atomic E-state index is 11.7. The summed E-state index contributed by atoms with van der Waals surface area (Å²) in [6, 6.07) is 0.278. The van der Waals surface area contributed by atoms with Crippen LogP contribution in [0.4, 0.5) is 0 Å². The number of nitrogens with zero attached hydrogens (tertiary/aromatic N) is 1. The molecule has 0 radical (unpaired) electrons. The van der Waals surface area contributed by atoms with Crippen LogP contribution in [0.2, 0.25) is 0 Å². The normalized spacial score (nSPS) is 39.1. The quantitative estimate of drug-likeness (QED) is 0.653. The van der Waals surface area contributed by atoms with Crippen LogP contribution in [0.25, 0.3) is 0 Å². The van der Waals surface area contributed by atoms with Crippen LogP contribution in [-0.2, 0) is 15.6 Å². The number of carbonyl (C=O) groups excluding carboxylic acids is 1. The summed E-state index contributed by atoms with van der Waals surface area (Å²) < 4.78 is 11.2. The van der Waals surface area contributed by atoms with Crippen LogP contribution in [-0.4, -0.2) is 45.3 Å². The van der Waals surface area contributed by atoms with Gasteiger partial charge in [-0.15, -0.1) is 0 Å². The van der Waals surface area contributed by atoms with Crippen molar-refractivity contribution in [1.29, 1.82) is 0 Å². The van der Waals surface area contributed by atoms with E-state index in [-0.39, 0.29) is 11.9 Å². The number of carbonyl (C=O) groups is 1. The third-order valence-electron chi connectivity index (χ3n) is 3.02. The molecule has 80 valence electrons. The minimum absolute atomic E-state index is 0.0394. The summed E-state index contributed by atoms with van der Waals surface area (Å²) in [5, 5.41) is 3.13. The van der Waals surface area contributed by atoms with Crippen LogP contribution < -0.4 is 5.32 Å². The minimum atomic E-state index is -0.639. The topological polar surface area (TPSA) is 49.4 Å². The summed E-state index contributed by atoms with van der Waals surface area (Å²) in [7, 11) is -0.639. The minimum Gasteiger partial charge on any atom is -0.326 e. The Bertz CT molecular complexity index is 260.